The van der Waals surface area contributed by atoms with E-state index in [0.29, 0.717) is 12.3 Å². The quantitative estimate of drug-likeness (QED) is 0.624. The van der Waals surface area contributed by atoms with Gasteiger partial charge in [0.05, 0.1) is 0 Å². The molecule has 2 heterocycles. The van der Waals surface area contributed by atoms with Crippen LogP contribution in [0.25, 0.3) is 0 Å². The SMILES string of the molecule is Cc1cc(C(C)c2ccnc(C(C)C)c2)ncc1CC(C)CC(F)F. The van der Waals surface area contributed by atoms with Gasteiger partial charge in [-0.1, -0.05) is 27.7 Å². The van der Waals surface area contributed by atoms with Crippen LogP contribution >= 0.6 is 0 Å². The van der Waals surface area contributed by atoms with E-state index in [0.717, 1.165) is 22.5 Å². The molecule has 136 valence electrons. The van der Waals surface area contributed by atoms with Crippen molar-refractivity contribution in [3.63, 3.8) is 0 Å². The first-order valence-electron chi connectivity index (χ1n) is 8.97. The Morgan fingerprint density at radius 2 is 1.72 bits per heavy atom. The molecule has 0 fully saturated rings. The molecule has 2 unspecified atom stereocenters. The van der Waals surface area contributed by atoms with Gasteiger partial charge in [-0.3, -0.25) is 9.97 Å². The maximum atomic E-state index is 12.5. The van der Waals surface area contributed by atoms with Crippen molar-refractivity contribution in [2.45, 2.75) is 65.7 Å². The van der Waals surface area contributed by atoms with E-state index in [4.69, 9.17) is 0 Å². The van der Waals surface area contributed by atoms with Gasteiger partial charge >= 0.3 is 0 Å². The molecule has 2 nitrogen and oxygen atoms in total. The smallest absolute Gasteiger partial charge is 0.238 e. The lowest BCUT2D eigenvalue weighted by Gasteiger charge is -2.17. The van der Waals surface area contributed by atoms with E-state index in [9.17, 15) is 8.78 Å². The summed E-state index contributed by atoms with van der Waals surface area (Å²) in [5.74, 6) is 0.518. The van der Waals surface area contributed by atoms with Crippen molar-refractivity contribution in [3.8, 4) is 0 Å². The molecule has 2 rings (SSSR count). The van der Waals surface area contributed by atoms with Crippen LogP contribution in [-0.4, -0.2) is 16.4 Å². The number of nitrogens with zero attached hydrogens (tertiary/aromatic N) is 2. The molecule has 2 atom stereocenters. The van der Waals surface area contributed by atoms with Crippen LogP contribution in [0.2, 0.25) is 0 Å². The predicted molar refractivity (Wildman–Crippen MR) is 98.3 cm³/mol. The Balaban J connectivity index is 2.17. The van der Waals surface area contributed by atoms with Gasteiger partial charge in [-0.15, -0.1) is 0 Å². The molecule has 0 bridgehead atoms. The lowest BCUT2D eigenvalue weighted by molar-refractivity contribution is 0.118. The van der Waals surface area contributed by atoms with Gasteiger partial charge in [0, 0.05) is 36.1 Å². The second kappa shape index (κ2) is 8.50. The number of pyridine rings is 2. The fraction of sp³-hybridized carbons (Fsp3) is 0.524. The van der Waals surface area contributed by atoms with Crippen LogP contribution in [0.5, 0.6) is 0 Å². The third kappa shape index (κ3) is 5.32. The maximum Gasteiger partial charge on any atom is 0.238 e. The van der Waals surface area contributed by atoms with E-state index in [2.05, 4.69) is 42.9 Å². The largest absolute Gasteiger partial charge is 0.261 e. The first kappa shape index (κ1) is 19.5. The summed E-state index contributed by atoms with van der Waals surface area (Å²) in [5, 5.41) is 0. The molecule has 2 aromatic heterocycles. The molecule has 25 heavy (non-hydrogen) atoms. The fourth-order valence-electron chi connectivity index (χ4n) is 3.04. The Kier molecular flexibility index (Phi) is 6.63. The summed E-state index contributed by atoms with van der Waals surface area (Å²) in [6, 6.07) is 6.27. The van der Waals surface area contributed by atoms with E-state index in [1.807, 2.05) is 32.3 Å². The van der Waals surface area contributed by atoms with E-state index in [1.165, 1.54) is 5.56 Å². The number of aryl methyl sites for hydroxylation is 1. The monoisotopic (exact) mass is 346 g/mol. The molecule has 0 saturated carbocycles. The zero-order chi connectivity index (χ0) is 18.6. The molecular formula is C21H28F2N2. The van der Waals surface area contributed by atoms with Crippen molar-refractivity contribution in [1.82, 2.24) is 9.97 Å². The maximum absolute atomic E-state index is 12.5. The van der Waals surface area contributed by atoms with Gasteiger partial charge in [0.15, 0.2) is 0 Å². The molecular weight excluding hydrogens is 318 g/mol. The number of halogens is 2. The van der Waals surface area contributed by atoms with Gasteiger partial charge in [0.2, 0.25) is 6.43 Å². The summed E-state index contributed by atoms with van der Waals surface area (Å²) in [4.78, 5) is 9.04. The van der Waals surface area contributed by atoms with E-state index < -0.39 is 6.43 Å². The minimum atomic E-state index is -2.25. The number of hydrogen-bond donors (Lipinski definition) is 0. The van der Waals surface area contributed by atoms with Crippen molar-refractivity contribution >= 4 is 0 Å². The second-order valence-electron chi connectivity index (χ2n) is 7.36. The Morgan fingerprint density at radius 3 is 2.32 bits per heavy atom. The van der Waals surface area contributed by atoms with E-state index >= 15 is 0 Å². The second-order valence-corrected chi connectivity index (χ2v) is 7.36. The van der Waals surface area contributed by atoms with Gasteiger partial charge in [-0.25, -0.2) is 8.78 Å². The molecule has 0 aliphatic carbocycles. The minimum Gasteiger partial charge on any atom is -0.261 e. The van der Waals surface area contributed by atoms with Crippen LogP contribution < -0.4 is 0 Å². The van der Waals surface area contributed by atoms with Crippen LogP contribution in [0.1, 0.15) is 74.0 Å². The lowest BCUT2D eigenvalue weighted by atomic mass is 9.92. The number of aromatic nitrogens is 2. The van der Waals surface area contributed by atoms with Gasteiger partial charge in [-0.05, 0) is 60.1 Å². The molecule has 4 heteroatoms. The van der Waals surface area contributed by atoms with Crippen molar-refractivity contribution in [1.29, 1.82) is 0 Å². The molecule has 0 aromatic carbocycles. The van der Waals surface area contributed by atoms with Crippen LogP contribution in [0, 0.1) is 12.8 Å². The topological polar surface area (TPSA) is 25.8 Å². The highest BCUT2D eigenvalue weighted by Crippen LogP contribution is 2.26. The highest BCUT2D eigenvalue weighted by Gasteiger charge is 2.16. The lowest BCUT2D eigenvalue weighted by Crippen LogP contribution is -2.08. The minimum absolute atomic E-state index is 0.0439. The third-order valence-electron chi connectivity index (χ3n) is 4.73. The van der Waals surface area contributed by atoms with Crippen molar-refractivity contribution < 1.29 is 8.78 Å². The van der Waals surface area contributed by atoms with Gasteiger partial charge in [0.1, 0.15) is 0 Å². The number of rotatable bonds is 7. The molecule has 0 aliphatic heterocycles. The van der Waals surface area contributed by atoms with Gasteiger partial charge < -0.3 is 0 Å². The van der Waals surface area contributed by atoms with Crippen LogP contribution in [0.15, 0.2) is 30.6 Å². The summed E-state index contributed by atoms with van der Waals surface area (Å²) >= 11 is 0. The highest BCUT2D eigenvalue weighted by atomic mass is 19.3. The van der Waals surface area contributed by atoms with Gasteiger partial charge in [0.25, 0.3) is 0 Å². The molecule has 0 spiro atoms. The average molecular weight is 346 g/mol. The van der Waals surface area contributed by atoms with Crippen LogP contribution in [0.4, 0.5) is 8.78 Å². The molecule has 0 N–H and O–H groups in total. The Labute approximate surface area is 149 Å². The molecule has 0 radical (unpaired) electrons. The Hall–Kier alpha value is -1.84. The Morgan fingerprint density at radius 1 is 1.00 bits per heavy atom. The van der Waals surface area contributed by atoms with Crippen LogP contribution in [0.3, 0.4) is 0 Å². The summed E-state index contributed by atoms with van der Waals surface area (Å²) in [7, 11) is 0. The molecule has 0 saturated heterocycles. The zero-order valence-corrected chi connectivity index (χ0v) is 15.8. The fourth-order valence-corrected chi connectivity index (χ4v) is 3.04. The van der Waals surface area contributed by atoms with Crippen molar-refractivity contribution in [3.05, 3.63) is 58.7 Å². The first-order chi connectivity index (χ1) is 11.8. The number of hydrogen-bond acceptors (Lipinski definition) is 2. The normalized spacial score (nSPS) is 14.1. The average Bonchev–Trinajstić information content (AvgIpc) is 2.55. The van der Waals surface area contributed by atoms with Crippen molar-refractivity contribution in [2.75, 3.05) is 0 Å². The van der Waals surface area contributed by atoms with E-state index in [1.54, 1.807) is 0 Å². The first-order valence-corrected chi connectivity index (χ1v) is 8.97. The summed E-state index contributed by atoms with van der Waals surface area (Å²) in [5.41, 5.74) is 5.46. The molecule has 0 aliphatic rings. The molecule has 2 aromatic rings. The third-order valence-corrected chi connectivity index (χ3v) is 4.73. The van der Waals surface area contributed by atoms with Crippen LogP contribution in [-0.2, 0) is 6.42 Å². The number of alkyl halides is 2. The zero-order valence-electron chi connectivity index (χ0n) is 15.8. The molecule has 0 amide bonds. The highest BCUT2D eigenvalue weighted by molar-refractivity contribution is 5.33. The standard InChI is InChI=1S/C21H28F2N2/c1-13(2)19-11-17(6-7-24-19)16(5)20-10-15(4)18(12-25-20)8-14(3)9-21(22)23/h6-7,10-14,16,21H,8-9H2,1-5H3. The van der Waals surface area contributed by atoms with Crippen molar-refractivity contribution in [2.24, 2.45) is 5.92 Å². The Bertz CT molecular complexity index is 698. The van der Waals surface area contributed by atoms with E-state index in [-0.39, 0.29) is 18.3 Å². The summed E-state index contributed by atoms with van der Waals surface area (Å²) in [6.45, 7) is 10.3. The summed E-state index contributed by atoms with van der Waals surface area (Å²) < 4.78 is 25.0. The predicted octanol–water partition coefficient (Wildman–Crippen LogP) is 5.89. The summed E-state index contributed by atoms with van der Waals surface area (Å²) in [6.07, 6.45) is 2.05. The van der Waals surface area contributed by atoms with Gasteiger partial charge in [-0.2, -0.15) is 0 Å².